The number of nitrogens with two attached hydrogens (primary N) is 1. The van der Waals surface area contributed by atoms with Gasteiger partial charge in [0.05, 0.1) is 18.6 Å². The third-order valence-corrected chi connectivity index (χ3v) is 5.62. The van der Waals surface area contributed by atoms with Crippen molar-refractivity contribution in [2.45, 2.75) is 65.3 Å². The number of nitrogens with one attached hydrogen (secondary N) is 1. The second-order valence-electron chi connectivity index (χ2n) is 8.20. The maximum atomic E-state index is 11.8. The van der Waals surface area contributed by atoms with Crippen LogP contribution in [0.25, 0.3) is 0 Å². The van der Waals surface area contributed by atoms with Crippen molar-refractivity contribution in [3.05, 3.63) is 0 Å². The number of primary amides is 1. The predicted molar refractivity (Wildman–Crippen MR) is 107 cm³/mol. The second kappa shape index (κ2) is 12.5. The quantitative estimate of drug-likeness (QED) is 0.574. The predicted octanol–water partition coefficient (Wildman–Crippen LogP) is 1.98. The molecule has 3 amide bonds. The summed E-state index contributed by atoms with van der Waals surface area (Å²) >= 11 is 0. The fraction of sp³-hybridized carbons (Fsp3) is 0.800. The highest BCUT2D eigenvalue weighted by molar-refractivity contribution is 5.79. The Kier molecular flexibility index (Phi) is 11.5. The Morgan fingerprint density at radius 2 is 1.84 bits per heavy atom. The summed E-state index contributed by atoms with van der Waals surface area (Å²) in [6, 6.07) is 1.66. The summed E-state index contributed by atoms with van der Waals surface area (Å²) in [6.07, 6.45) is -2.09. The van der Waals surface area contributed by atoms with Gasteiger partial charge in [0, 0.05) is 20.2 Å². The van der Waals surface area contributed by atoms with Crippen molar-refractivity contribution in [2.75, 3.05) is 20.2 Å². The van der Waals surface area contributed by atoms with Crippen molar-refractivity contribution < 1.29 is 32.3 Å². The molecule has 1 aliphatic carbocycles. The van der Waals surface area contributed by atoms with E-state index in [1.54, 1.807) is 7.11 Å². The largest absolute Gasteiger partial charge is 0.470 e. The number of piperidine rings is 1. The Labute approximate surface area is 181 Å². The third kappa shape index (κ3) is 9.55. The number of hydrogen-bond donors (Lipinski definition) is 2. The third-order valence-electron chi connectivity index (χ3n) is 5.62. The molecular weight excluding hydrogens is 417 g/mol. The summed E-state index contributed by atoms with van der Waals surface area (Å²) in [5.41, 5.74) is 4.30. The average Bonchev–Trinajstić information content (AvgIpc) is 3.02. The highest BCUT2D eigenvalue weighted by Crippen LogP contribution is 2.61. The molecule has 4 atom stereocenters. The Bertz CT molecular complexity index is 635. The fourth-order valence-electron chi connectivity index (χ4n) is 3.35. The Morgan fingerprint density at radius 1 is 1.35 bits per heavy atom. The Hall–Kier alpha value is -2.35. The van der Waals surface area contributed by atoms with Crippen LogP contribution in [0.15, 0.2) is 0 Å². The van der Waals surface area contributed by atoms with E-state index in [0.717, 1.165) is 37.8 Å². The van der Waals surface area contributed by atoms with E-state index < -0.39 is 12.1 Å². The van der Waals surface area contributed by atoms with Gasteiger partial charge in [-0.05, 0) is 30.6 Å². The maximum Gasteiger partial charge on any atom is 0.470 e. The lowest BCUT2D eigenvalue weighted by Gasteiger charge is -2.23. The van der Waals surface area contributed by atoms with Crippen LogP contribution in [0, 0.1) is 28.6 Å². The fourth-order valence-corrected chi connectivity index (χ4v) is 3.35. The maximum absolute atomic E-state index is 11.8. The number of ether oxygens (including phenoxy) is 1. The summed E-state index contributed by atoms with van der Waals surface area (Å²) in [6.45, 7) is 10.5. The molecular formula is C20H33F3N4O4. The van der Waals surface area contributed by atoms with E-state index in [2.05, 4.69) is 24.9 Å². The molecule has 2 rings (SSSR count). The first-order valence-corrected chi connectivity index (χ1v) is 10.0. The van der Waals surface area contributed by atoms with E-state index in [1.807, 2.05) is 24.8 Å². The molecule has 0 radical (unpaired) electrons. The molecule has 2 aliphatic rings. The van der Waals surface area contributed by atoms with E-state index in [0.29, 0.717) is 18.2 Å². The van der Waals surface area contributed by atoms with Gasteiger partial charge in [-0.3, -0.25) is 14.4 Å². The molecule has 0 aromatic rings. The highest BCUT2D eigenvalue weighted by atomic mass is 19.4. The monoisotopic (exact) mass is 450 g/mol. The van der Waals surface area contributed by atoms with E-state index >= 15 is 0 Å². The van der Waals surface area contributed by atoms with Crippen molar-refractivity contribution in [1.82, 2.24) is 10.2 Å². The van der Waals surface area contributed by atoms with Gasteiger partial charge < -0.3 is 20.7 Å². The van der Waals surface area contributed by atoms with Gasteiger partial charge >= 0.3 is 12.1 Å². The SMILES string of the molecule is CCCC(C#N)NC=O.CO[C@H](C)CC(=O)N1CC2C(C1)C2(C)C.NC(=O)C(F)(F)F. The molecule has 1 aliphatic heterocycles. The molecule has 11 heteroatoms. The number of halogens is 3. The smallest absolute Gasteiger partial charge is 0.381 e. The molecule has 178 valence electrons. The number of alkyl halides is 3. The zero-order valence-electron chi connectivity index (χ0n) is 18.7. The van der Waals surface area contributed by atoms with Gasteiger partial charge in [0.2, 0.25) is 12.3 Å². The minimum absolute atomic E-state index is 0.0439. The van der Waals surface area contributed by atoms with Crippen LogP contribution in [0.4, 0.5) is 13.2 Å². The zero-order chi connectivity index (χ0) is 24.4. The number of nitrogens with zero attached hydrogens (tertiary/aromatic N) is 2. The van der Waals surface area contributed by atoms with Crippen LogP contribution >= 0.6 is 0 Å². The number of amides is 3. The second-order valence-corrected chi connectivity index (χ2v) is 8.20. The van der Waals surface area contributed by atoms with Crippen LogP contribution < -0.4 is 11.1 Å². The zero-order valence-corrected chi connectivity index (χ0v) is 18.7. The molecule has 1 heterocycles. The lowest BCUT2D eigenvalue weighted by molar-refractivity contribution is -0.169. The number of likely N-dealkylation sites (tertiary alicyclic amines) is 1. The summed E-state index contributed by atoms with van der Waals surface area (Å²) in [7, 11) is 1.66. The number of nitriles is 1. The lowest BCUT2D eigenvalue weighted by Crippen LogP contribution is -2.34. The number of methoxy groups -OCH3 is 1. The van der Waals surface area contributed by atoms with Gasteiger partial charge in [0.1, 0.15) is 6.04 Å². The number of carbonyl (C=O) groups excluding carboxylic acids is 3. The van der Waals surface area contributed by atoms with Gasteiger partial charge in [-0.25, -0.2) is 0 Å². The topological polar surface area (TPSA) is 126 Å². The highest BCUT2D eigenvalue weighted by Gasteiger charge is 2.62. The van der Waals surface area contributed by atoms with Gasteiger partial charge in [-0.1, -0.05) is 27.2 Å². The van der Waals surface area contributed by atoms with Crippen LogP contribution in [0.5, 0.6) is 0 Å². The minimum Gasteiger partial charge on any atom is -0.381 e. The van der Waals surface area contributed by atoms with Crippen molar-refractivity contribution >= 4 is 18.2 Å². The minimum atomic E-state index is -4.86. The first kappa shape index (κ1) is 28.6. The Balaban J connectivity index is 0.000000484. The molecule has 2 fully saturated rings. The molecule has 0 bridgehead atoms. The van der Waals surface area contributed by atoms with E-state index in [9.17, 15) is 22.8 Å². The lowest BCUT2D eigenvalue weighted by atomic mass is 10.1. The standard InChI is InChI=1S/C12H21NO2.C6H10N2O.C2H2F3NO/c1-8(15-4)5-11(14)13-6-9-10(7-13)12(9,2)3;1-2-3-6(4-7)8-5-9;3-2(4,5)1(6)7/h8-10H,5-7H2,1-4H3;5-6H,2-3H2,1H3,(H,8,9);(H2,6,7)/t8-,9?,10?;;/m1../s1. The molecule has 0 aromatic carbocycles. The van der Waals surface area contributed by atoms with E-state index in [1.165, 1.54) is 0 Å². The first-order chi connectivity index (χ1) is 14.3. The average molecular weight is 451 g/mol. The molecule has 0 spiro atoms. The molecule has 8 nitrogen and oxygen atoms in total. The summed E-state index contributed by atoms with van der Waals surface area (Å²) in [5.74, 6) is -0.501. The van der Waals surface area contributed by atoms with Gasteiger partial charge in [0.25, 0.3) is 0 Å². The van der Waals surface area contributed by atoms with E-state index in [-0.39, 0.29) is 18.1 Å². The first-order valence-electron chi connectivity index (χ1n) is 10.0. The van der Waals surface area contributed by atoms with Gasteiger partial charge in [0.15, 0.2) is 0 Å². The van der Waals surface area contributed by atoms with Crippen LogP contribution in [0.3, 0.4) is 0 Å². The molecule has 1 saturated carbocycles. The number of fused-ring (bicyclic) bond motifs is 1. The van der Waals surface area contributed by atoms with Crippen molar-refractivity contribution in [2.24, 2.45) is 23.0 Å². The Morgan fingerprint density at radius 3 is 2.16 bits per heavy atom. The number of hydrogen-bond acceptors (Lipinski definition) is 5. The molecule has 1 saturated heterocycles. The molecule has 31 heavy (non-hydrogen) atoms. The molecule has 3 N–H and O–H groups in total. The summed E-state index contributed by atoms with van der Waals surface area (Å²) in [5, 5.41) is 10.7. The van der Waals surface area contributed by atoms with E-state index in [4.69, 9.17) is 14.8 Å². The number of carbonyl (C=O) groups is 3. The van der Waals surface area contributed by atoms with Crippen LogP contribution in [0.2, 0.25) is 0 Å². The van der Waals surface area contributed by atoms with Gasteiger partial charge in [-0.2, -0.15) is 18.4 Å². The molecule has 0 aromatic heterocycles. The van der Waals surface area contributed by atoms with Crippen LogP contribution in [0.1, 0.15) is 47.0 Å². The van der Waals surface area contributed by atoms with Crippen molar-refractivity contribution in [3.8, 4) is 6.07 Å². The summed E-state index contributed by atoms with van der Waals surface area (Å²) < 4.78 is 37.2. The van der Waals surface area contributed by atoms with Crippen molar-refractivity contribution in [1.29, 1.82) is 5.26 Å². The van der Waals surface area contributed by atoms with Crippen LogP contribution in [-0.4, -0.2) is 61.6 Å². The normalized spacial score (nSPS) is 22.2. The molecule has 3 unspecified atom stereocenters. The van der Waals surface area contributed by atoms with Crippen LogP contribution in [-0.2, 0) is 19.1 Å². The van der Waals surface area contributed by atoms with Crippen molar-refractivity contribution in [3.63, 3.8) is 0 Å². The van der Waals surface area contributed by atoms with Gasteiger partial charge in [-0.15, -0.1) is 0 Å². The summed E-state index contributed by atoms with van der Waals surface area (Å²) in [4.78, 5) is 32.8. The number of rotatable bonds is 7.